The number of halogens is 4. The van der Waals surface area contributed by atoms with Crippen LogP contribution in [0.15, 0.2) is 42.6 Å². The Balaban J connectivity index is 1.68. The zero-order chi connectivity index (χ0) is 25.5. The normalized spacial score (nSPS) is 16.6. The van der Waals surface area contributed by atoms with Gasteiger partial charge in [-0.15, -0.1) is 0 Å². The summed E-state index contributed by atoms with van der Waals surface area (Å²) in [5.41, 5.74) is 1.66. The molecule has 1 aliphatic rings. The number of benzene rings is 2. The molecule has 6 nitrogen and oxygen atoms in total. The van der Waals surface area contributed by atoms with Gasteiger partial charge in [0.2, 0.25) is 5.91 Å². The van der Waals surface area contributed by atoms with Gasteiger partial charge in [0.15, 0.2) is 0 Å². The fourth-order valence-electron chi connectivity index (χ4n) is 4.53. The van der Waals surface area contributed by atoms with Crippen LogP contribution in [0.25, 0.3) is 10.9 Å². The number of hydrogen-bond donors (Lipinski definition) is 2. The Morgan fingerprint density at radius 1 is 1.20 bits per heavy atom. The molecular weight excluding hydrogens is 483 g/mol. The number of amides is 1. The molecule has 35 heavy (non-hydrogen) atoms. The van der Waals surface area contributed by atoms with Crippen molar-refractivity contribution in [2.75, 3.05) is 5.32 Å². The van der Waals surface area contributed by atoms with Crippen LogP contribution in [-0.4, -0.2) is 32.9 Å². The number of rotatable bonds is 8. The highest BCUT2D eigenvalue weighted by atomic mass is 35.5. The van der Waals surface area contributed by atoms with Crippen LogP contribution in [0.4, 0.5) is 18.9 Å². The van der Waals surface area contributed by atoms with Crippen molar-refractivity contribution in [3.05, 3.63) is 58.7 Å². The van der Waals surface area contributed by atoms with Gasteiger partial charge in [0.05, 0.1) is 40.7 Å². The number of anilines is 1. The lowest BCUT2D eigenvalue weighted by atomic mass is 9.85. The molecule has 1 amide bonds. The summed E-state index contributed by atoms with van der Waals surface area (Å²) in [4.78, 5) is 24.7. The SMILES string of the molecule is CC(C(C(=O)Nc1cc(C(CC(=O)O)C2CC2)ccc1Cl)c1ccc2cnn(C)c2c1)C(F)(F)F. The molecular formula is C25H25ClF3N3O3. The van der Waals surface area contributed by atoms with Crippen molar-refractivity contribution < 1.29 is 27.9 Å². The third-order valence-corrected chi connectivity index (χ3v) is 7.02. The first-order valence-corrected chi connectivity index (χ1v) is 11.6. The van der Waals surface area contributed by atoms with Crippen LogP contribution in [0.3, 0.4) is 0 Å². The number of fused-ring (bicyclic) bond motifs is 1. The third kappa shape index (κ3) is 5.45. The minimum atomic E-state index is -4.62. The van der Waals surface area contributed by atoms with Gasteiger partial charge in [0, 0.05) is 12.4 Å². The largest absolute Gasteiger partial charge is 0.481 e. The Kier molecular flexibility index (Phi) is 6.81. The molecule has 0 aliphatic heterocycles. The third-order valence-electron chi connectivity index (χ3n) is 6.69. The molecule has 3 aromatic rings. The zero-order valence-electron chi connectivity index (χ0n) is 19.1. The van der Waals surface area contributed by atoms with E-state index >= 15 is 0 Å². The molecule has 1 fully saturated rings. The van der Waals surface area contributed by atoms with E-state index in [-0.39, 0.29) is 34.5 Å². The van der Waals surface area contributed by atoms with E-state index in [0.717, 1.165) is 25.2 Å². The minimum absolute atomic E-state index is 0.0713. The lowest BCUT2D eigenvalue weighted by Crippen LogP contribution is -2.34. The molecule has 1 saturated carbocycles. The van der Waals surface area contributed by atoms with Gasteiger partial charge in [0.25, 0.3) is 0 Å². The zero-order valence-corrected chi connectivity index (χ0v) is 19.9. The number of aryl methyl sites for hydroxylation is 1. The van der Waals surface area contributed by atoms with E-state index < -0.39 is 29.9 Å². The topological polar surface area (TPSA) is 84.2 Å². The van der Waals surface area contributed by atoms with Crippen molar-refractivity contribution in [3.8, 4) is 0 Å². The van der Waals surface area contributed by atoms with E-state index in [1.807, 2.05) is 0 Å². The fourth-order valence-corrected chi connectivity index (χ4v) is 4.70. The molecule has 1 heterocycles. The van der Waals surface area contributed by atoms with Crippen LogP contribution in [0.1, 0.15) is 49.1 Å². The first-order chi connectivity index (χ1) is 16.5. The van der Waals surface area contributed by atoms with Gasteiger partial charge in [-0.2, -0.15) is 18.3 Å². The van der Waals surface area contributed by atoms with Crippen molar-refractivity contribution >= 4 is 40.1 Å². The molecule has 1 aliphatic carbocycles. The molecule has 4 rings (SSSR count). The summed E-state index contributed by atoms with van der Waals surface area (Å²) in [5, 5.41) is 16.9. The number of carbonyl (C=O) groups excluding carboxylic acids is 1. The van der Waals surface area contributed by atoms with Gasteiger partial charge in [-0.05, 0) is 54.0 Å². The maximum atomic E-state index is 13.8. The van der Waals surface area contributed by atoms with Crippen molar-refractivity contribution in [1.29, 1.82) is 0 Å². The highest BCUT2D eigenvalue weighted by Crippen LogP contribution is 2.46. The number of carboxylic acids is 1. The van der Waals surface area contributed by atoms with Gasteiger partial charge >= 0.3 is 12.1 Å². The number of carboxylic acid groups (broad SMARTS) is 1. The Morgan fingerprint density at radius 2 is 1.89 bits per heavy atom. The van der Waals surface area contributed by atoms with E-state index in [1.165, 1.54) is 16.8 Å². The molecule has 186 valence electrons. The van der Waals surface area contributed by atoms with Gasteiger partial charge in [-0.25, -0.2) is 0 Å². The van der Waals surface area contributed by atoms with Gasteiger partial charge in [-0.3, -0.25) is 14.3 Å². The monoisotopic (exact) mass is 507 g/mol. The molecule has 0 saturated heterocycles. The molecule has 2 aromatic carbocycles. The van der Waals surface area contributed by atoms with Crippen LogP contribution in [0.2, 0.25) is 5.02 Å². The average Bonchev–Trinajstić information content (AvgIpc) is 3.56. The summed E-state index contributed by atoms with van der Waals surface area (Å²) in [6, 6.07) is 9.50. The van der Waals surface area contributed by atoms with Crippen LogP contribution in [0.5, 0.6) is 0 Å². The highest BCUT2D eigenvalue weighted by molar-refractivity contribution is 6.33. The second-order valence-electron chi connectivity index (χ2n) is 9.16. The van der Waals surface area contributed by atoms with Crippen molar-refractivity contribution in [3.63, 3.8) is 0 Å². The average molecular weight is 508 g/mol. The lowest BCUT2D eigenvalue weighted by Gasteiger charge is -2.26. The molecule has 1 aromatic heterocycles. The Hall–Kier alpha value is -3.07. The second kappa shape index (κ2) is 9.53. The van der Waals surface area contributed by atoms with Gasteiger partial charge in [-0.1, -0.05) is 36.7 Å². The summed E-state index contributed by atoms with van der Waals surface area (Å²) in [5.74, 6) is -5.32. The quantitative estimate of drug-likeness (QED) is 0.385. The number of carbonyl (C=O) groups is 2. The predicted molar refractivity (Wildman–Crippen MR) is 126 cm³/mol. The fraction of sp³-hybridized carbons (Fsp3) is 0.400. The van der Waals surface area contributed by atoms with Gasteiger partial charge in [0.1, 0.15) is 0 Å². The van der Waals surface area contributed by atoms with Crippen LogP contribution < -0.4 is 5.32 Å². The van der Waals surface area contributed by atoms with E-state index in [1.54, 1.807) is 37.5 Å². The summed E-state index contributed by atoms with van der Waals surface area (Å²) in [6.45, 7) is 0.978. The summed E-state index contributed by atoms with van der Waals surface area (Å²) in [6.07, 6.45) is -1.28. The highest BCUT2D eigenvalue weighted by Gasteiger charge is 2.45. The number of alkyl halides is 3. The van der Waals surface area contributed by atoms with E-state index in [0.29, 0.717) is 11.1 Å². The number of aliphatic carboxylic acids is 1. The summed E-state index contributed by atoms with van der Waals surface area (Å²) in [7, 11) is 1.67. The lowest BCUT2D eigenvalue weighted by molar-refractivity contribution is -0.178. The van der Waals surface area contributed by atoms with Crippen LogP contribution in [0, 0.1) is 11.8 Å². The van der Waals surface area contributed by atoms with Gasteiger partial charge < -0.3 is 10.4 Å². The second-order valence-corrected chi connectivity index (χ2v) is 9.57. The molecule has 0 radical (unpaired) electrons. The smallest absolute Gasteiger partial charge is 0.392 e. The molecule has 2 N–H and O–H groups in total. The Bertz CT molecular complexity index is 1270. The first kappa shape index (κ1) is 25.0. The number of aromatic nitrogens is 2. The number of hydrogen-bond acceptors (Lipinski definition) is 3. The van der Waals surface area contributed by atoms with E-state index in [2.05, 4.69) is 10.4 Å². The molecule has 10 heteroatoms. The first-order valence-electron chi connectivity index (χ1n) is 11.3. The van der Waals surface area contributed by atoms with Crippen LogP contribution >= 0.6 is 11.6 Å². The molecule has 0 spiro atoms. The molecule has 0 bridgehead atoms. The standard InChI is InChI=1S/C25H25ClF3N3O3/c1-13(25(27,28)29)23(16-5-6-17-12-30-32(2)21(17)10-16)24(35)31-20-9-15(7-8-19(20)26)18(11-22(33)34)14-3-4-14/h5-10,12-14,18,23H,3-4,11H2,1-2H3,(H,31,35)(H,33,34). The Morgan fingerprint density at radius 3 is 2.51 bits per heavy atom. The van der Waals surface area contributed by atoms with Crippen molar-refractivity contribution in [2.24, 2.45) is 18.9 Å². The van der Waals surface area contributed by atoms with Crippen LogP contribution in [-0.2, 0) is 16.6 Å². The van der Waals surface area contributed by atoms with E-state index in [9.17, 15) is 27.9 Å². The Labute approximate surface area is 205 Å². The number of nitrogens with zero attached hydrogens (tertiary/aromatic N) is 2. The molecule has 3 unspecified atom stereocenters. The number of nitrogens with one attached hydrogen (secondary N) is 1. The molecule has 3 atom stereocenters. The minimum Gasteiger partial charge on any atom is -0.481 e. The summed E-state index contributed by atoms with van der Waals surface area (Å²) >= 11 is 6.29. The maximum Gasteiger partial charge on any atom is 0.392 e. The van der Waals surface area contributed by atoms with E-state index in [4.69, 9.17) is 11.6 Å². The summed E-state index contributed by atoms with van der Waals surface area (Å²) < 4.78 is 42.9. The maximum absolute atomic E-state index is 13.8. The van der Waals surface area contributed by atoms with Crippen molar-refractivity contribution in [2.45, 2.75) is 44.2 Å². The van der Waals surface area contributed by atoms with Crippen molar-refractivity contribution in [1.82, 2.24) is 9.78 Å². The predicted octanol–water partition coefficient (Wildman–Crippen LogP) is 6.12.